The van der Waals surface area contributed by atoms with Crippen molar-refractivity contribution >= 4 is 0 Å². The van der Waals surface area contributed by atoms with Crippen LogP contribution in [0.25, 0.3) is 11.4 Å². The Morgan fingerprint density at radius 1 is 0.500 bits per heavy atom. The van der Waals surface area contributed by atoms with Gasteiger partial charge in [0.05, 0.1) is 12.2 Å². The van der Waals surface area contributed by atoms with Crippen molar-refractivity contribution in [1.29, 1.82) is 0 Å². The second-order valence-electron chi connectivity index (χ2n) is 17.4. The van der Waals surface area contributed by atoms with E-state index in [4.69, 9.17) is 18.9 Å². The summed E-state index contributed by atoms with van der Waals surface area (Å²) >= 11 is 0. The number of ether oxygens (including phenoxy) is 4. The zero-order valence-corrected chi connectivity index (χ0v) is 26.5. The van der Waals surface area contributed by atoms with E-state index in [0.717, 1.165) is 69.9 Å². The lowest BCUT2D eigenvalue weighted by Gasteiger charge is -2.58. The topological polar surface area (TPSA) is 90.8 Å². The Bertz CT molecular complexity index is 1500. The number of hydrogen-bond acceptors (Lipinski definition) is 6. The molecule has 0 aromatic carbocycles. The second kappa shape index (κ2) is 8.85. The molecule has 0 N–H and O–H groups in total. The molecule has 8 saturated carbocycles. The van der Waals surface area contributed by atoms with Gasteiger partial charge in [-0.05, 0) is 126 Å². The summed E-state index contributed by atoms with van der Waals surface area (Å²) in [6.45, 7) is 0. The Labute approximate surface area is 269 Å². The standard InChI is InChI=1S/C38H44N2O6/c41-39-29(5-1-23-3-7-31-35(33(23)39)45-37(43-31)25-11-19-9-20(13-25)14-26(37)12-19)30-6-2-24-4-8-32-36(34(24)40(30)42)46-38(44-32)27-15-21-10-22(17-27)18-28(38)16-21/h1-2,5-6,19-22,25-28,31-32,35-36H,3-4,7-18H2/t19?,20?,21?,22?,25?,26?,27?,28?,31-,32-,35-,36-,37?,38?/m0/s1. The number of aryl methyl sites for hydroxylation is 2. The Morgan fingerprint density at radius 3 is 1.24 bits per heavy atom. The van der Waals surface area contributed by atoms with Crippen molar-refractivity contribution in [3.8, 4) is 11.4 Å². The summed E-state index contributed by atoms with van der Waals surface area (Å²) in [5, 5.41) is 28.9. The third-order valence-electron chi connectivity index (χ3n) is 15.1. The lowest BCUT2D eigenvalue weighted by atomic mass is 9.53. The summed E-state index contributed by atoms with van der Waals surface area (Å²) in [5.74, 6) is 3.92. The maximum absolute atomic E-state index is 14.5. The van der Waals surface area contributed by atoms with Crippen molar-refractivity contribution in [3.05, 3.63) is 57.2 Å². The van der Waals surface area contributed by atoms with Gasteiger partial charge in [-0.1, -0.05) is 0 Å². The summed E-state index contributed by atoms with van der Waals surface area (Å²) in [6.07, 6.45) is 14.7. The van der Waals surface area contributed by atoms with Crippen molar-refractivity contribution < 1.29 is 28.4 Å². The van der Waals surface area contributed by atoms with E-state index in [9.17, 15) is 10.4 Å². The van der Waals surface area contributed by atoms with E-state index >= 15 is 0 Å². The molecule has 10 fully saturated rings. The minimum Gasteiger partial charge on any atom is -0.618 e. The first-order valence-corrected chi connectivity index (χ1v) is 18.7. The van der Waals surface area contributed by atoms with Gasteiger partial charge in [0.2, 0.25) is 11.4 Å². The molecule has 14 rings (SSSR count). The second-order valence-corrected chi connectivity index (χ2v) is 17.4. The molecule has 12 aliphatic rings. The lowest BCUT2D eigenvalue weighted by Crippen LogP contribution is -2.58. The molecular formula is C38H44N2O6. The predicted octanol–water partition coefficient (Wildman–Crippen LogP) is 5.73. The van der Waals surface area contributed by atoms with Crippen LogP contribution in [0.3, 0.4) is 0 Å². The average Bonchev–Trinajstić information content (AvgIpc) is 3.63. The van der Waals surface area contributed by atoms with E-state index in [1.807, 2.05) is 12.1 Å². The number of pyridine rings is 2. The normalized spacial score (nSPS) is 49.8. The molecule has 2 saturated heterocycles. The highest BCUT2D eigenvalue weighted by atomic mass is 16.8. The molecular weight excluding hydrogens is 580 g/mol. The molecule has 8 heteroatoms. The van der Waals surface area contributed by atoms with Gasteiger partial charge in [-0.2, -0.15) is 9.46 Å². The number of hydrogen-bond donors (Lipinski definition) is 0. The van der Waals surface area contributed by atoms with Crippen molar-refractivity contribution in [1.82, 2.24) is 0 Å². The van der Waals surface area contributed by atoms with Crippen LogP contribution in [0, 0.1) is 57.8 Å². The fourth-order valence-corrected chi connectivity index (χ4v) is 13.7. The van der Waals surface area contributed by atoms with Crippen molar-refractivity contribution in [2.45, 2.75) is 126 Å². The Morgan fingerprint density at radius 2 is 0.870 bits per heavy atom. The van der Waals surface area contributed by atoms with Gasteiger partial charge < -0.3 is 29.4 Å². The molecule has 4 heterocycles. The predicted molar refractivity (Wildman–Crippen MR) is 163 cm³/mol. The lowest BCUT2D eigenvalue weighted by molar-refractivity contribution is -0.639. The monoisotopic (exact) mass is 624 g/mol. The first-order valence-electron chi connectivity index (χ1n) is 18.7. The fraction of sp³-hybridized carbons (Fsp3) is 0.737. The van der Waals surface area contributed by atoms with Crippen LogP contribution in [0.1, 0.15) is 112 Å². The van der Waals surface area contributed by atoms with Crippen LogP contribution in [0.15, 0.2) is 24.3 Å². The van der Waals surface area contributed by atoms with Gasteiger partial charge in [0, 0.05) is 46.9 Å². The molecule has 2 aromatic heterocycles. The van der Waals surface area contributed by atoms with Crippen molar-refractivity contribution in [2.24, 2.45) is 47.3 Å². The molecule has 10 aliphatic carbocycles. The number of rotatable bonds is 1. The van der Waals surface area contributed by atoms with Crippen LogP contribution in [0.5, 0.6) is 0 Å². The maximum atomic E-state index is 14.5. The van der Waals surface area contributed by atoms with Crippen molar-refractivity contribution in [3.63, 3.8) is 0 Å². The highest BCUT2D eigenvalue weighted by Crippen LogP contribution is 2.66. The molecule has 2 aromatic rings. The first kappa shape index (κ1) is 26.7. The Balaban J connectivity index is 0.910. The quantitative estimate of drug-likeness (QED) is 0.297. The zero-order chi connectivity index (χ0) is 30.1. The Hall–Kier alpha value is -2.26. The molecule has 0 amide bonds. The minimum atomic E-state index is -0.541. The smallest absolute Gasteiger partial charge is 0.290 e. The van der Waals surface area contributed by atoms with Gasteiger partial charge in [0.25, 0.3) is 11.4 Å². The molecule has 8 nitrogen and oxygen atoms in total. The summed E-state index contributed by atoms with van der Waals surface area (Å²) in [6, 6.07) is 7.81. The minimum absolute atomic E-state index is 0.106. The molecule has 0 radical (unpaired) electrons. The van der Waals surface area contributed by atoms with E-state index in [2.05, 4.69) is 12.1 Å². The molecule has 242 valence electrons. The Kier molecular flexibility index (Phi) is 5.13. The van der Waals surface area contributed by atoms with Crippen LogP contribution in [0.2, 0.25) is 0 Å². The van der Waals surface area contributed by atoms with E-state index in [1.54, 1.807) is 0 Å². The average molecular weight is 625 g/mol. The molecule has 0 unspecified atom stereocenters. The molecule has 8 bridgehead atoms. The van der Waals surface area contributed by atoms with Crippen LogP contribution < -0.4 is 9.46 Å². The van der Waals surface area contributed by atoms with Gasteiger partial charge >= 0.3 is 0 Å². The fourth-order valence-electron chi connectivity index (χ4n) is 13.7. The maximum Gasteiger partial charge on any atom is 0.290 e. The summed E-state index contributed by atoms with van der Waals surface area (Å²) in [5.41, 5.74) is 4.13. The third-order valence-corrected chi connectivity index (χ3v) is 15.1. The zero-order valence-electron chi connectivity index (χ0n) is 26.5. The number of nitrogens with zero attached hydrogens (tertiary/aromatic N) is 2. The highest BCUT2D eigenvalue weighted by molar-refractivity contribution is 5.50. The summed E-state index contributed by atoms with van der Waals surface area (Å²) in [4.78, 5) is 0. The third kappa shape index (κ3) is 3.26. The number of fused-ring (bicyclic) bond motifs is 6. The molecule has 4 atom stereocenters. The van der Waals surface area contributed by atoms with E-state index < -0.39 is 11.6 Å². The van der Waals surface area contributed by atoms with Crippen molar-refractivity contribution in [2.75, 3.05) is 0 Å². The van der Waals surface area contributed by atoms with Crippen LogP contribution >= 0.6 is 0 Å². The van der Waals surface area contributed by atoms with Gasteiger partial charge in [0.1, 0.15) is 0 Å². The van der Waals surface area contributed by atoms with Crippen LogP contribution in [-0.4, -0.2) is 23.8 Å². The summed E-state index contributed by atoms with van der Waals surface area (Å²) < 4.78 is 30.1. The van der Waals surface area contributed by atoms with Gasteiger partial charge in [-0.15, -0.1) is 0 Å². The van der Waals surface area contributed by atoms with Crippen LogP contribution in [-0.2, 0) is 31.8 Å². The van der Waals surface area contributed by atoms with E-state index in [0.29, 0.717) is 46.4 Å². The first-order chi connectivity index (χ1) is 22.5. The van der Waals surface area contributed by atoms with Crippen LogP contribution in [0.4, 0.5) is 0 Å². The SMILES string of the molecule is [O-][n+]1c(-c2ccc3c([n+]2[O-])[C@H]2OC4(O[C@H]2CC3)C2CC3CC(C2)CC4C3)ccc2c1[C@H]1OC3(O[C@H]1CC2)C1CC2CC(C1)CC3C2. The van der Waals surface area contributed by atoms with Gasteiger partial charge in [0.15, 0.2) is 23.8 Å². The van der Waals surface area contributed by atoms with E-state index in [-0.39, 0.29) is 24.4 Å². The molecule has 2 aliphatic heterocycles. The van der Waals surface area contributed by atoms with Gasteiger partial charge in [-0.25, -0.2) is 0 Å². The van der Waals surface area contributed by atoms with E-state index in [1.165, 1.54) is 64.2 Å². The summed E-state index contributed by atoms with van der Waals surface area (Å²) in [7, 11) is 0. The molecule has 2 spiro atoms. The highest BCUT2D eigenvalue weighted by Gasteiger charge is 2.67. The molecule has 46 heavy (non-hydrogen) atoms. The number of aromatic nitrogens is 2. The van der Waals surface area contributed by atoms with Gasteiger partial charge in [-0.3, -0.25) is 0 Å². The largest absolute Gasteiger partial charge is 0.618 e.